The van der Waals surface area contributed by atoms with Gasteiger partial charge in [0, 0.05) is 38.9 Å². The zero-order valence-electron chi connectivity index (χ0n) is 17.1. The molecule has 1 aliphatic carbocycles. The van der Waals surface area contributed by atoms with Crippen molar-refractivity contribution in [3.05, 3.63) is 102 Å². The van der Waals surface area contributed by atoms with E-state index in [0.29, 0.717) is 5.92 Å². The van der Waals surface area contributed by atoms with Gasteiger partial charge in [-0.15, -0.1) is 0 Å². The summed E-state index contributed by atoms with van der Waals surface area (Å²) in [6, 6.07) is 21.6. The Morgan fingerprint density at radius 2 is 1.77 bits per heavy atom. The fraction of sp³-hybridized carbons (Fsp3) is 0.143. The molecule has 0 radical (unpaired) electrons. The monoisotopic (exact) mass is 389 g/mol. The third kappa shape index (κ3) is 2.57. The molecule has 2 heteroatoms. The fourth-order valence-corrected chi connectivity index (χ4v) is 4.72. The van der Waals surface area contributed by atoms with Gasteiger partial charge >= 0.3 is 0 Å². The summed E-state index contributed by atoms with van der Waals surface area (Å²) in [4.78, 5) is 3.52. The summed E-state index contributed by atoms with van der Waals surface area (Å²) >= 11 is 0. The largest absolute Gasteiger partial charge is 0.456 e. The first-order chi connectivity index (χ1) is 14.7. The number of hydrogen-bond donors (Lipinski definition) is 1. The standard InChI is InChI=1S/C28H23NO/c1-17(2)20-9-5-7-18-16-27(20)30-28-21(18)10-6-11-22(28)19-13-14-26-24(15-19)23-8-3-4-12-25(23)29-26/h3-18,29H,1-2H3. The number of aromatic nitrogens is 1. The summed E-state index contributed by atoms with van der Waals surface area (Å²) in [5.41, 5.74) is 7.14. The van der Waals surface area contributed by atoms with E-state index in [1.807, 2.05) is 0 Å². The van der Waals surface area contributed by atoms with Gasteiger partial charge in [0.25, 0.3) is 0 Å². The maximum Gasteiger partial charge on any atom is 0.139 e. The lowest BCUT2D eigenvalue weighted by Gasteiger charge is -2.26. The molecule has 1 aromatic heterocycles. The molecule has 30 heavy (non-hydrogen) atoms. The van der Waals surface area contributed by atoms with Crippen LogP contribution < -0.4 is 4.74 Å². The average molecular weight is 389 g/mol. The Hall–Kier alpha value is -3.52. The molecule has 0 amide bonds. The molecule has 2 heterocycles. The van der Waals surface area contributed by atoms with Gasteiger partial charge in [-0.1, -0.05) is 74.5 Å². The highest BCUT2D eigenvalue weighted by atomic mass is 16.5. The predicted octanol–water partition coefficient (Wildman–Crippen LogP) is 7.50. The maximum absolute atomic E-state index is 6.57. The molecule has 2 aliphatic rings. The summed E-state index contributed by atoms with van der Waals surface area (Å²) in [5.74, 6) is 2.63. The lowest BCUT2D eigenvalue weighted by Crippen LogP contribution is -2.12. The Labute approximate surface area is 176 Å². The van der Waals surface area contributed by atoms with Crippen LogP contribution in [0.3, 0.4) is 0 Å². The second-order valence-corrected chi connectivity index (χ2v) is 8.48. The molecule has 1 unspecified atom stereocenters. The van der Waals surface area contributed by atoms with Gasteiger partial charge in [-0.05, 0) is 41.3 Å². The summed E-state index contributed by atoms with van der Waals surface area (Å²) in [5, 5.41) is 2.50. The minimum absolute atomic E-state index is 0.244. The first-order valence-electron chi connectivity index (χ1n) is 10.6. The van der Waals surface area contributed by atoms with Crippen LogP contribution in [0.2, 0.25) is 0 Å². The molecule has 1 atom stereocenters. The van der Waals surface area contributed by atoms with Crippen LogP contribution in [-0.2, 0) is 0 Å². The maximum atomic E-state index is 6.57. The van der Waals surface area contributed by atoms with Crippen molar-refractivity contribution in [1.29, 1.82) is 0 Å². The number of fused-ring (bicyclic) bond motifs is 6. The van der Waals surface area contributed by atoms with Crippen molar-refractivity contribution in [2.45, 2.75) is 19.8 Å². The van der Waals surface area contributed by atoms with Crippen molar-refractivity contribution >= 4 is 21.8 Å². The van der Waals surface area contributed by atoms with E-state index in [1.54, 1.807) is 0 Å². The van der Waals surface area contributed by atoms with Gasteiger partial charge in [-0.25, -0.2) is 0 Å². The van der Waals surface area contributed by atoms with Gasteiger partial charge in [0.1, 0.15) is 11.5 Å². The van der Waals surface area contributed by atoms with Gasteiger partial charge < -0.3 is 9.72 Å². The summed E-state index contributed by atoms with van der Waals surface area (Å²) in [6.45, 7) is 4.44. The molecule has 0 saturated carbocycles. The zero-order chi connectivity index (χ0) is 20.2. The summed E-state index contributed by atoms with van der Waals surface area (Å²) in [7, 11) is 0. The number of ether oxygens (including phenoxy) is 1. The van der Waals surface area contributed by atoms with Crippen molar-refractivity contribution in [1.82, 2.24) is 4.98 Å². The molecule has 0 spiro atoms. The molecular formula is C28H23NO. The molecule has 2 nitrogen and oxygen atoms in total. The number of rotatable bonds is 2. The quantitative estimate of drug-likeness (QED) is 0.377. The van der Waals surface area contributed by atoms with E-state index in [9.17, 15) is 0 Å². The number of allylic oxidation sites excluding steroid dienone is 5. The van der Waals surface area contributed by atoms with Gasteiger partial charge in [0.15, 0.2) is 0 Å². The van der Waals surface area contributed by atoms with E-state index in [1.165, 1.54) is 33.0 Å². The lowest BCUT2D eigenvalue weighted by molar-refractivity contribution is 0.407. The van der Waals surface area contributed by atoms with Gasteiger partial charge in [0.05, 0.1) is 0 Å². The van der Waals surface area contributed by atoms with Crippen LogP contribution in [0.15, 0.2) is 96.3 Å². The summed E-state index contributed by atoms with van der Waals surface area (Å²) in [6.07, 6.45) is 8.89. The molecule has 146 valence electrons. The van der Waals surface area contributed by atoms with Crippen LogP contribution in [0.25, 0.3) is 32.9 Å². The normalized spacial score (nSPS) is 17.5. The summed E-state index contributed by atoms with van der Waals surface area (Å²) < 4.78 is 6.57. The molecule has 0 saturated heterocycles. The minimum Gasteiger partial charge on any atom is -0.456 e. The Bertz CT molecular complexity index is 1400. The third-order valence-electron chi connectivity index (χ3n) is 6.27. The number of hydrogen-bond acceptors (Lipinski definition) is 1. The number of H-pyrrole nitrogens is 1. The molecule has 2 bridgehead atoms. The molecule has 1 N–H and O–H groups in total. The highest BCUT2D eigenvalue weighted by molar-refractivity contribution is 6.08. The predicted molar refractivity (Wildman–Crippen MR) is 125 cm³/mol. The molecular weight excluding hydrogens is 366 g/mol. The second-order valence-electron chi connectivity index (χ2n) is 8.48. The van der Waals surface area contributed by atoms with Crippen LogP contribution in [0, 0.1) is 5.92 Å². The lowest BCUT2D eigenvalue weighted by atomic mass is 9.89. The fourth-order valence-electron chi connectivity index (χ4n) is 4.72. The number of nitrogens with one attached hydrogen (secondary N) is 1. The van der Waals surface area contributed by atoms with Crippen LogP contribution in [-0.4, -0.2) is 4.98 Å². The van der Waals surface area contributed by atoms with E-state index < -0.39 is 0 Å². The van der Waals surface area contributed by atoms with Crippen LogP contribution in [0.1, 0.15) is 25.3 Å². The van der Waals surface area contributed by atoms with Crippen molar-refractivity contribution in [2.75, 3.05) is 0 Å². The Morgan fingerprint density at radius 3 is 2.67 bits per heavy atom. The highest BCUT2D eigenvalue weighted by Crippen LogP contribution is 2.45. The molecule has 4 aromatic rings. The van der Waals surface area contributed by atoms with E-state index in [2.05, 4.69) is 104 Å². The van der Waals surface area contributed by atoms with E-state index in [0.717, 1.165) is 22.6 Å². The minimum atomic E-state index is 0.244. The van der Waals surface area contributed by atoms with Crippen LogP contribution >= 0.6 is 0 Å². The number of aromatic amines is 1. The molecule has 1 aliphatic heterocycles. The average Bonchev–Trinajstić information content (AvgIpc) is 3.04. The van der Waals surface area contributed by atoms with E-state index >= 15 is 0 Å². The van der Waals surface area contributed by atoms with E-state index in [4.69, 9.17) is 4.74 Å². The Balaban J connectivity index is 1.53. The van der Waals surface area contributed by atoms with Crippen LogP contribution in [0.5, 0.6) is 5.75 Å². The van der Waals surface area contributed by atoms with Crippen molar-refractivity contribution in [2.24, 2.45) is 5.92 Å². The topological polar surface area (TPSA) is 25.0 Å². The highest BCUT2D eigenvalue weighted by Gasteiger charge is 2.27. The van der Waals surface area contributed by atoms with Gasteiger partial charge in [0.2, 0.25) is 0 Å². The zero-order valence-corrected chi connectivity index (χ0v) is 17.1. The number of benzene rings is 3. The Morgan fingerprint density at radius 1 is 0.900 bits per heavy atom. The Kier molecular flexibility index (Phi) is 3.76. The van der Waals surface area contributed by atoms with Gasteiger partial charge in [-0.2, -0.15) is 0 Å². The SMILES string of the molecule is CC(C)C1=CC=CC2C=C1Oc1c(-c3ccc4[nH]c5ccccc5c4c3)cccc12. The third-order valence-corrected chi connectivity index (χ3v) is 6.27. The van der Waals surface area contributed by atoms with Crippen molar-refractivity contribution in [3.63, 3.8) is 0 Å². The number of para-hydroxylation sites is 2. The van der Waals surface area contributed by atoms with Crippen molar-refractivity contribution in [3.8, 4) is 16.9 Å². The van der Waals surface area contributed by atoms with Crippen molar-refractivity contribution < 1.29 is 4.74 Å². The smallest absolute Gasteiger partial charge is 0.139 e. The second kappa shape index (κ2) is 6.50. The molecule has 3 aromatic carbocycles. The molecule has 0 fully saturated rings. The van der Waals surface area contributed by atoms with Gasteiger partial charge in [-0.3, -0.25) is 0 Å². The first kappa shape index (κ1) is 17.3. The first-order valence-corrected chi connectivity index (χ1v) is 10.6. The van der Waals surface area contributed by atoms with E-state index in [-0.39, 0.29) is 5.92 Å². The van der Waals surface area contributed by atoms with Crippen LogP contribution in [0.4, 0.5) is 0 Å². The molecule has 6 rings (SSSR count).